The lowest BCUT2D eigenvalue weighted by Gasteiger charge is -2.25. The first kappa shape index (κ1) is 22.4. The number of carbonyl (C=O) groups excluding carboxylic acids is 1. The van der Waals surface area contributed by atoms with E-state index in [1.165, 1.54) is 31.3 Å². The fourth-order valence-corrected chi connectivity index (χ4v) is 3.13. The van der Waals surface area contributed by atoms with Crippen LogP contribution >= 0.6 is 0 Å². The molecule has 0 atom stereocenters. The Morgan fingerprint density at radius 2 is 1.76 bits per heavy atom. The number of amides is 1. The Kier molecular flexibility index (Phi) is 9.65. The first-order valence-electron chi connectivity index (χ1n) is 9.75. The summed E-state index contributed by atoms with van der Waals surface area (Å²) >= 11 is 0. The summed E-state index contributed by atoms with van der Waals surface area (Å²) in [6, 6.07) is 15.0. The Balaban J connectivity index is 0.000000438. The van der Waals surface area contributed by atoms with Crippen molar-refractivity contribution >= 4 is 23.6 Å². The number of anilines is 2. The molecular formula is C22H28N2O5. The molecule has 0 unspecified atom stereocenters. The van der Waals surface area contributed by atoms with E-state index in [9.17, 15) is 9.59 Å². The summed E-state index contributed by atoms with van der Waals surface area (Å²) in [6.07, 6.45) is 7.41. The summed E-state index contributed by atoms with van der Waals surface area (Å²) in [5.41, 5.74) is 0.764. The van der Waals surface area contributed by atoms with Crippen LogP contribution in [0, 0.1) is 5.92 Å². The van der Waals surface area contributed by atoms with Crippen LogP contribution in [0.3, 0.4) is 0 Å². The Labute approximate surface area is 171 Å². The number of para-hydroxylation sites is 1. The second-order valence-corrected chi connectivity index (χ2v) is 6.77. The van der Waals surface area contributed by atoms with Gasteiger partial charge in [0.15, 0.2) is 0 Å². The van der Waals surface area contributed by atoms with Gasteiger partial charge in [0.2, 0.25) is 0 Å². The predicted octanol–water partition coefficient (Wildman–Crippen LogP) is 4.65. The molecule has 0 radical (unpaired) electrons. The first-order valence-corrected chi connectivity index (χ1v) is 9.75. The fourth-order valence-electron chi connectivity index (χ4n) is 3.13. The number of pyridine rings is 1. The number of methoxy groups -OCH3 is 1. The second-order valence-electron chi connectivity index (χ2n) is 6.77. The van der Waals surface area contributed by atoms with Crippen LogP contribution in [0.1, 0.15) is 32.1 Å². The molecule has 2 aromatic rings. The van der Waals surface area contributed by atoms with Crippen LogP contribution in [-0.4, -0.2) is 42.5 Å². The average Bonchev–Trinajstić information content (AvgIpc) is 2.75. The highest BCUT2D eigenvalue weighted by Crippen LogP contribution is 2.26. The van der Waals surface area contributed by atoms with E-state index in [-0.39, 0.29) is 12.7 Å². The van der Waals surface area contributed by atoms with Gasteiger partial charge in [-0.25, -0.2) is 19.5 Å². The minimum atomic E-state index is -0.933. The van der Waals surface area contributed by atoms with Gasteiger partial charge in [0, 0.05) is 13.3 Å². The zero-order valence-corrected chi connectivity index (χ0v) is 16.7. The Morgan fingerprint density at radius 1 is 1.07 bits per heavy atom. The molecule has 1 aliphatic rings. The highest BCUT2D eigenvalue weighted by atomic mass is 16.6. The molecule has 0 aliphatic heterocycles. The molecule has 1 aliphatic carbocycles. The molecule has 0 saturated heterocycles. The monoisotopic (exact) mass is 400 g/mol. The molecule has 1 fully saturated rings. The van der Waals surface area contributed by atoms with Gasteiger partial charge in [-0.15, -0.1) is 0 Å². The number of nitrogens with zero attached hydrogens (tertiary/aromatic N) is 2. The lowest BCUT2D eigenvalue weighted by atomic mass is 9.90. The van der Waals surface area contributed by atoms with Gasteiger partial charge in [-0.1, -0.05) is 43.5 Å². The smallest absolute Gasteiger partial charge is 0.420 e. The minimum absolute atomic E-state index is 0.208. The minimum Gasteiger partial charge on any atom is -0.480 e. The molecule has 1 heterocycles. The quantitative estimate of drug-likeness (QED) is 0.759. The zero-order valence-electron chi connectivity index (χ0n) is 16.7. The molecule has 156 valence electrons. The number of carbonyl (C=O) groups is 2. The van der Waals surface area contributed by atoms with Gasteiger partial charge < -0.3 is 14.6 Å². The maximum atomic E-state index is 12.7. The molecule has 1 aromatic heterocycles. The van der Waals surface area contributed by atoms with Gasteiger partial charge in [-0.3, -0.25) is 0 Å². The van der Waals surface area contributed by atoms with E-state index < -0.39 is 5.97 Å². The topological polar surface area (TPSA) is 89.0 Å². The summed E-state index contributed by atoms with van der Waals surface area (Å²) in [6.45, 7) is 0.287. The molecule has 3 rings (SSSR count). The molecule has 0 bridgehead atoms. The summed E-state index contributed by atoms with van der Waals surface area (Å²) in [5, 5.41) is 7.79. The van der Waals surface area contributed by atoms with Crippen molar-refractivity contribution in [3.05, 3.63) is 54.7 Å². The summed E-state index contributed by atoms with van der Waals surface area (Å²) in [7, 11) is 1.34. The highest BCUT2D eigenvalue weighted by molar-refractivity contribution is 5.94. The second kappa shape index (κ2) is 12.5. The van der Waals surface area contributed by atoms with Gasteiger partial charge in [-0.05, 0) is 43.0 Å². The molecular weight excluding hydrogens is 372 g/mol. The normalized spacial score (nSPS) is 13.7. The van der Waals surface area contributed by atoms with E-state index in [0.29, 0.717) is 18.3 Å². The number of aliphatic carboxylic acids is 1. The Bertz CT molecular complexity index is 694. The SMILES string of the molecule is COCC(=O)O.O=C(OCC1CCCCC1)N(c1ccccc1)c1ccccn1. The van der Waals surface area contributed by atoms with Crippen molar-refractivity contribution in [1.29, 1.82) is 0 Å². The Morgan fingerprint density at radius 3 is 2.31 bits per heavy atom. The van der Waals surface area contributed by atoms with Gasteiger partial charge >= 0.3 is 12.1 Å². The standard InChI is InChI=1S/C19H22N2O2.C3H6O3/c22-19(23-15-16-9-3-1-4-10-16)21(17-11-5-2-6-12-17)18-13-7-8-14-20-18;1-6-2-3(4)5/h2,5-8,11-14,16H,1,3-4,9-10,15H2;2H2,1H3,(H,4,5). The van der Waals surface area contributed by atoms with Gasteiger partial charge in [0.1, 0.15) is 12.4 Å². The van der Waals surface area contributed by atoms with E-state index in [2.05, 4.69) is 9.72 Å². The van der Waals surface area contributed by atoms with Crippen LogP contribution in [0.4, 0.5) is 16.3 Å². The number of benzene rings is 1. The van der Waals surface area contributed by atoms with E-state index in [4.69, 9.17) is 9.84 Å². The van der Waals surface area contributed by atoms with E-state index in [1.54, 1.807) is 6.20 Å². The van der Waals surface area contributed by atoms with E-state index >= 15 is 0 Å². The first-order chi connectivity index (χ1) is 14.1. The molecule has 29 heavy (non-hydrogen) atoms. The highest BCUT2D eigenvalue weighted by Gasteiger charge is 2.22. The molecule has 7 heteroatoms. The zero-order chi connectivity index (χ0) is 20.9. The molecule has 1 saturated carbocycles. The van der Waals surface area contributed by atoms with Crippen molar-refractivity contribution in [2.75, 3.05) is 25.2 Å². The van der Waals surface area contributed by atoms with Crippen LogP contribution in [0.5, 0.6) is 0 Å². The lowest BCUT2D eigenvalue weighted by Crippen LogP contribution is -2.29. The van der Waals surface area contributed by atoms with Crippen molar-refractivity contribution in [2.45, 2.75) is 32.1 Å². The molecule has 0 spiro atoms. The van der Waals surface area contributed by atoms with Gasteiger partial charge in [-0.2, -0.15) is 0 Å². The van der Waals surface area contributed by atoms with E-state index in [0.717, 1.165) is 18.5 Å². The lowest BCUT2D eigenvalue weighted by molar-refractivity contribution is -0.141. The van der Waals surface area contributed by atoms with Crippen LogP contribution in [-0.2, 0) is 14.3 Å². The van der Waals surface area contributed by atoms with Crippen molar-refractivity contribution in [2.24, 2.45) is 5.92 Å². The summed E-state index contributed by atoms with van der Waals surface area (Å²) < 4.78 is 9.80. The number of rotatable bonds is 6. The molecule has 1 aromatic carbocycles. The van der Waals surface area contributed by atoms with Crippen molar-refractivity contribution in [1.82, 2.24) is 4.98 Å². The molecule has 7 nitrogen and oxygen atoms in total. The summed E-state index contributed by atoms with van der Waals surface area (Å²) in [4.78, 5) is 28.0. The number of hydrogen-bond donors (Lipinski definition) is 1. The largest absolute Gasteiger partial charge is 0.480 e. The van der Waals surface area contributed by atoms with Gasteiger partial charge in [0.25, 0.3) is 0 Å². The third-order valence-electron chi connectivity index (χ3n) is 4.51. The van der Waals surface area contributed by atoms with Crippen molar-refractivity contribution < 1.29 is 24.2 Å². The molecule has 1 N–H and O–H groups in total. The van der Waals surface area contributed by atoms with Crippen LogP contribution in [0.25, 0.3) is 0 Å². The number of carboxylic acid groups (broad SMARTS) is 1. The molecule has 1 amide bonds. The van der Waals surface area contributed by atoms with E-state index in [1.807, 2.05) is 48.5 Å². The third kappa shape index (κ3) is 7.91. The average molecular weight is 400 g/mol. The number of ether oxygens (including phenoxy) is 2. The van der Waals surface area contributed by atoms with Gasteiger partial charge in [0.05, 0.1) is 12.3 Å². The fraction of sp³-hybridized carbons (Fsp3) is 0.409. The van der Waals surface area contributed by atoms with Crippen molar-refractivity contribution in [3.63, 3.8) is 0 Å². The predicted molar refractivity (Wildman–Crippen MR) is 110 cm³/mol. The maximum absolute atomic E-state index is 12.7. The van der Waals surface area contributed by atoms with Crippen LogP contribution < -0.4 is 4.90 Å². The van der Waals surface area contributed by atoms with Crippen LogP contribution in [0.2, 0.25) is 0 Å². The van der Waals surface area contributed by atoms with Crippen LogP contribution in [0.15, 0.2) is 54.7 Å². The number of aromatic nitrogens is 1. The number of hydrogen-bond acceptors (Lipinski definition) is 5. The summed E-state index contributed by atoms with van der Waals surface area (Å²) in [5.74, 6) is 0.138. The van der Waals surface area contributed by atoms with Crippen molar-refractivity contribution in [3.8, 4) is 0 Å². The Hall–Kier alpha value is -2.93. The maximum Gasteiger partial charge on any atom is 0.420 e. The third-order valence-corrected chi connectivity index (χ3v) is 4.51. The number of carboxylic acids is 1.